The molecular weight excluding hydrogens is 411 g/mol. The van der Waals surface area contributed by atoms with Crippen LogP contribution in [0.1, 0.15) is 24.6 Å². The van der Waals surface area contributed by atoms with E-state index in [-0.39, 0.29) is 16.7 Å². The van der Waals surface area contributed by atoms with Gasteiger partial charge < -0.3 is 9.64 Å². The quantitative estimate of drug-likeness (QED) is 0.585. The zero-order valence-corrected chi connectivity index (χ0v) is 17.4. The number of anilines is 1. The van der Waals surface area contributed by atoms with Crippen molar-refractivity contribution in [1.82, 2.24) is 24.1 Å². The Balaban J connectivity index is 1.32. The summed E-state index contributed by atoms with van der Waals surface area (Å²) in [4.78, 5) is 1.90. The first kappa shape index (κ1) is 19.2. The second kappa shape index (κ2) is 6.88. The lowest BCUT2D eigenvalue weighted by Crippen LogP contribution is -2.60. The third kappa shape index (κ3) is 3.08. The summed E-state index contributed by atoms with van der Waals surface area (Å²) in [5, 5.41) is 13.0. The molecule has 1 aliphatic heterocycles. The van der Waals surface area contributed by atoms with Crippen molar-refractivity contribution in [3.63, 3.8) is 0 Å². The summed E-state index contributed by atoms with van der Waals surface area (Å²) in [5.74, 6) is 1.35. The largest absolute Gasteiger partial charge is 0.494 e. The number of methoxy groups -OCH3 is 1. The molecule has 3 aromatic rings. The molecule has 9 nitrogen and oxygen atoms in total. The molecule has 2 aromatic heterocycles. The van der Waals surface area contributed by atoms with Gasteiger partial charge in [0.25, 0.3) is 0 Å². The van der Waals surface area contributed by atoms with Crippen molar-refractivity contribution in [2.45, 2.75) is 29.7 Å². The Kier molecular flexibility index (Phi) is 4.40. The van der Waals surface area contributed by atoms with E-state index in [4.69, 9.17) is 4.74 Å². The number of aromatic nitrogens is 4. The summed E-state index contributed by atoms with van der Waals surface area (Å²) in [5.41, 5.74) is 0.707. The van der Waals surface area contributed by atoms with E-state index in [1.54, 1.807) is 4.52 Å². The molecule has 0 unspecified atom stereocenters. The maximum absolute atomic E-state index is 14.0. The zero-order chi connectivity index (χ0) is 21.0. The lowest BCUT2D eigenvalue weighted by atomic mass is 10.1. The zero-order valence-electron chi connectivity index (χ0n) is 16.6. The van der Waals surface area contributed by atoms with Crippen molar-refractivity contribution in [2.24, 2.45) is 0 Å². The van der Waals surface area contributed by atoms with Gasteiger partial charge in [-0.3, -0.25) is 0 Å². The maximum atomic E-state index is 14.0. The average molecular weight is 432 g/mol. The van der Waals surface area contributed by atoms with Gasteiger partial charge >= 0.3 is 0 Å². The van der Waals surface area contributed by atoms with Gasteiger partial charge in [0.15, 0.2) is 23.0 Å². The molecule has 158 valence electrons. The highest BCUT2D eigenvalue weighted by Crippen LogP contribution is 2.39. The van der Waals surface area contributed by atoms with Crippen molar-refractivity contribution in [2.75, 3.05) is 32.1 Å². The molecule has 1 saturated carbocycles. The van der Waals surface area contributed by atoms with Gasteiger partial charge in [-0.2, -0.15) is 8.82 Å². The van der Waals surface area contributed by atoms with E-state index in [0.717, 1.165) is 30.6 Å². The van der Waals surface area contributed by atoms with Crippen LogP contribution in [0.15, 0.2) is 35.2 Å². The summed E-state index contributed by atoms with van der Waals surface area (Å²) >= 11 is 0. The second-order valence-corrected chi connectivity index (χ2v) is 9.67. The van der Waals surface area contributed by atoms with Crippen molar-refractivity contribution < 1.29 is 17.5 Å². The average Bonchev–Trinajstić information content (AvgIpc) is 3.45. The Morgan fingerprint density at radius 1 is 1.17 bits per heavy atom. The van der Waals surface area contributed by atoms with Crippen LogP contribution in [0.5, 0.6) is 5.75 Å². The molecule has 0 bridgehead atoms. The number of hydrogen-bond acceptors (Lipinski definition) is 7. The highest BCUT2D eigenvalue weighted by Gasteiger charge is 2.38. The molecule has 1 saturated heterocycles. The third-order valence-electron chi connectivity index (χ3n) is 5.72. The SMILES string of the molecule is COc1ccc(S(=O)(=O)N(C)C2CN(c3ccc4nnc(C5CC5)n4n3)C2)cc1F. The Morgan fingerprint density at radius 3 is 2.60 bits per heavy atom. The van der Waals surface area contributed by atoms with Gasteiger partial charge in [0.1, 0.15) is 5.82 Å². The first-order chi connectivity index (χ1) is 14.4. The molecule has 0 N–H and O–H groups in total. The van der Waals surface area contributed by atoms with Gasteiger partial charge in [0, 0.05) is 26.1 Å². The molecule has 3 heterocycles. The molecule has 2 fully saturated rings. The smallest absolute Gasteiger partial charge is 0.243 e. The van der Waals surface area contributed by atoms with Crippen LogP contribution in [0.2, 0.25) is 0 Å². The maximum Gasteiger partial charge on any atom is 0.243 e. The van der Waals surface area contributed by atoms with E-state index >= 15 is 0 Å². The Morgan fingerprint density at radius 2 is 1.93 bits per heavy atom. The summed E-state index contributed by atoms with van der Waals surface area (Å²) in [7, 11) is -0.973. The van der Waals surface area contributed by atoms with Crippen LogP contribution in [-0.2, 0) is 10.0 Å². The number of nitrogens with zero attached hydrogens (tertiary/aromatic N) is 6. The van der Waals surface area contributed by atoms with Gasteiger partial charge in [-0.15, -0.1) is 15.3 Å². The fourth-order valence-electron chi connectivity index (χ4n) is 3.60. The molecule has 1 aliphatic carbocycles. The number of fused-ring (bicyclic) bond motifs is 1. The number of ether oxygens (including phenoxy) is 1. The Bertz CT molecular complexity index is 1220. The highest BCUT2D eigenvalue weighted by atomic mass is 32.2. The van der Waals surface area contributed by atoms with Gasteiger partial charge in [0.2, 0.25) is 10.0 Å². The lowest BCUT2D eigenvalue weighted by Gasteiger charge is -2.43. The van der Waals surface area contributed by atoms with Gasteiger partial charge in [-0.05, 0) is 43.2 Å². The fourth-order valence-corrected chi connectivity index (χ4v) is 4.95. The van der Waals surface area contributed by atoms with Crippen LogP contribution >= 0.6 is 0 Å². The molecule has 2 aliphatic rings. The Labute approximate surface area is 173 Å². The van der Waals surface area contributed by atoms with E-state index in [2.05, 4.69) is 15.3 Å². The van der Waals surface area contributed by atoms with Crippen molar-refractivity contribution in [1.29, 1.82) is 0 Å². The minimum Gasteiger partial charge on any atom is -0.494 e. The monoisotopic (exact) mass is 432 g/mol. The predicted molar refractivity (Wildman–Crippen MR) is 107 cm³/mol. The molecule has 0 spiro atoms. The van der Waals surface area contributed by atoms with Gasteiger partial charge in [0.05, 0.1) is 18.0 Å². The van der Waals surface area contributed by atoms with E-state index < -0.39 is 15.8 Å². The Hall–Kier alpha value is -2.79. The minimum absolute atomic E-state index is 0.00690. The molecule has 5 rings (SSSR count). The van der Waals surface area contributed by atoms with E-state index in [9.17, 15) is 12.8 Å². The first-order valence-corrected chi connectivity index (χ1v) is 11.1. The lowest BCUT2D eigenvalue weighted by molar-refractivity contribution is 0.308. The van der Waals surface area contributed by atoms with Crippen molar-refractivity contribution in [3.8, 4) is 5.75 Å². The number of rotatable bonds is 6. The second-order valence-electron chi connectivity index (χ2n) is 7.67. The number of hydrogen-bond donors (Lipinski definition) is 0. The predicted octanol–water partition coefficient (Wildman–Crippen LogP) is 1.66. The molecule has 0 amide bonds. The van der Waals surface area contributed by atoms with E-state index in [1.807, 2.05) is 17.0 Å². The van der Waals surface area contributed by atoms with Crippen molar-refractivity contribution >= 4 is 21.5 Å². The topological polar surface area (TPSA) is 92.9 Å². The summed E-state index contributed by atoms with van der Waals surface area (Å²) in [6.45, 7) is 0.988. The standard InChI is InChI=1S/C19H21FN6O3S/c1-24(30(27,28)14-5-6-16(29-2)15(20)9-14)13-10-25(11-13)18-8-7-17-21-22-19(12-3-4-12)26(17)23-18/h5-9,12-13H,3-4,10-11H2,1-2H3. The van der Waals surface area contributed by atoms with Crippen LogP contribution in [-0.4, -0.2) is 65.8 Å². The first-order valence-electron chi connectivity index (χ1n) is 9.67. The highest BCUT2D eigenvalue weighted by molar-refractivity contribution is 7.89. The molecular formula is C19H21FN6O3S. The minimum atomic E-state index is -3.82. The van der Waals surface area contributed by atoms with Crippen LogP contribution < -0.4 is 9.64 Å². The van der Waals surface area contributed by atoms with E-state index in [0.29, 0.717) is 24.7 Å². The fraction of sp³-hybridized carbons (Fsp3) is 0.421. The van der Waals surface area contributed by atoms with Crippen LogP contribution in [0.25, 0.3) is 5.65 Å². The van der Waals surface area contributed by atoms with E-state index in [1.165, 1.54) is 30.6 Å². The van der Waals surface area contributed by atoms with Crippen LogP contribution in [0, 0.1) is 5.82 Å². The molecule has 1 aromatic carbocycles. The molecule has 0 atom stereocenters. The summed E-state index contributed by atoms with van der Waals surface area (Å²) in [6, 6.07) is 7.16. The summed E-state index contributed by atoms with van der Waals surface area (Å²) < 4.78 is 47.7. The van der Waals surface area contributed by atoms with Crippen LogP contribution in [0.3, 0.4) is 0 Å². The number of halogens is 1. The molecule has 11 heteroatoms. The van der Waals surface area contributed by atoms with Crippen molar-refractivity contribution in [3.05, 3.63) is 42.0 Å². The molecule has 30 heavy (non-hydrogen) atoms. The number of likely N-dealkylation sites (N-methyl/N-ethyl adjacent to an activating group) is 1. The third-order valence-corrected chi connectivity index (χ3v) is 7.62. The molecule has 0 radical (unpaired) electrons. The number of benzene rings is 1. The van der Waals surface area contributed by atoms with Gasteiger partial charge in [-0.25, -0.2) is 12.8 Å². The number of sulfonamides is 1. The summed E-state index contributed by atoms with van der Waals surface area (Å²) in [6.07, 6.45) is 2.21. The van der Waals surface area contributed by atoms with Crippen LogP contribution in [0.4, 0.5) is 10.2 Å². The van der Waals surface area contributed by atoms with Gasteiger partial charge in [-0.1, -0.05) is 0 Å². The normalized spacial score (nSPS) is 17.5.